The molecule has 2 aromatic rings. The summed E-state index contributed by atoms with van der Waals surface area (Å²) in [5.41, 5.74) is 1.23. The number of hydrogen-bond acceptors (Lipinski definition) is 2. The molecule has 1 nitrogen and oxygen atoms in total. The van der Waals surface area contributed by atoms with E-state index in [1.165, 1.54) is 10.4 Å². The first-order valence-corrected chi connectivity index (χ1v) is 8.30. The lowest BCUT2D eigenvalue weighted by Crippen LogP contribution is -2.05. The van der Waals surface area contributed by atoms with E-state index in [4.69, 9.17) is 4.74 Å². The molecule has 0 aliphatic heterocycles. The van der Waals surface area contributed by atoms with Crippen LogP contribution in [0.3, 0.4) is 0 Å². The molecule has 0 bridgehead atoms. The molecule has 1 aromatic carbocycles. The molecule has 0 aliphatic rings. The van der Waals surface area contributed by atoms with Crippen molar-refractivity contribution in [2.24, 2.45) is 0 Å². The van der Waals surface area contributed by atoms with Gasteiger partial charge in [-0.15, -0.1) is 11.3 Å². The first kappa shape index (κ1) is 14.1. The third kappa shape index (κ3) is 3.37. The highest BCUT2D eigenvalue weighted by atomic mass is 79.9. The fourth-order valence-electron chi connectivity index (χ4n) is 1.63. The van der Waals surface area contributed by atoms with Gasteiger partial charge in [-0.1, -0.05) is 28.1 Å². The fraction of sp³-hybridized carbons (Fsp3) is 0.286. The van der Waals surface area contributed by atoms with Crippen molar-refractivity contribution in [1.29, 1.82) is 0 Å². The van der Waals surface area contributed by atoms with Gasteiger partial charge in [0, 0.05) is 9.35 Å². The molecule has 0 N–H and O–H groups in total. The molecule has 0 amide bonds. The Morgan fingerprint density at radius 3 is 2.28 bits per heavy atom. The molecule has 4 heteroatoms. The molecule has 0 fully saturated rings. The molecular weight excluding hydrogens is 376 g/mol. The van der Waals surface area contributed by atoms with Gasteiger partial charge in [0.25, 0.3) is 0 Å². The van der Waals surface area contributed by atoms with Crippen LogP contribution >= 0.6 is 43.2 Å². The van der Waals surface area contributed by atoms with Crippen LogP contribution < -0.4 is 4.74 Å². The highest BCUT2D eigenvalue weighted by Crippen LogP contribution is 2.39. The van der Waals surface area contributed by atoms with Crippen molar-refractivity contribution in [3.8, 4) is 5.75 Å². The van der Waals surface area contributed by atoms with E-state index in [0.717, 1.165) is 10.2 Å². The average Bonchev–Trinajstić information content (AvgIpc) is 2.75. The maximum atomic E-state index is 5.64. The summed E-state index contributed by atoms with van der Waals surface area (Å²) < 4.78 is 6.79. The van der Waals surface area contributed by atoms with Crippen molar-refractivity contribution < 1.29 is 4.74 Å². The van der Waals surface area contributed by atoms with Crippen molar-refractivity contribution in [1.82, 2.24) is 0 Å². The van der Waals surface area contributed by atoms with Crippen molar-refractivity contribution in [2.75, 3.05) is 0 Å². The third-order valence-corrected chi connectivity index (χ3v) is 5.64. The summed E-state index contributed by atoms with van der Waals surface area (Å²) in [7, 11) is 0. The van der Waals surface area contributed by atoms with Crippen LogP contribution in [0.25, 0.3) is 0 Å². The van der Waals surface area contributed by atoms with Crippen LogP contribution in [0.15, 0.2) is 40.2 Å². The highest BCUT2D eigenvalue weighted by Gasteiger charge is 2.14. The number of rotatable bonds is 4. The SMILES string of the molecule is CC(C)Oc1ccc(C(Br)c2sccc2Br)cc1. The van der Waals surface area contributed by atoms with Gasteiger partial charge in [-0.05, 0) is 58.9 Å². The van der Waals surface area contributed by atoms with E-state index in [1.807, 2.05) is 26.0 Å². The number of alkyl halides is 1. The smallest absolute Gasteiger partial charge is 0.119 e. The van der Waals surface area contributed by atoms with Gasteiger partial charge in [0.2, 0.25) is 0 Å². The molecular formula is C14H14Br2OS. The summed E-state index contributed by atoms with van der Waals surface area (Å²) in [6.45, 7) is 4.06. The van der Waals surface area contributed by atoms with E-state index in [9.17, 15) is 0 Å². The Morgan fingerprint density at radius 2 is 1.78 bits per heavy atom. The largest absolute Gasteiger partial charge is 0.491 e. The second-order valence-corrected chi connectivity index (χ2v) is 6.95. The number of ether oxygens (including phenoxy) is 1. The standard InChI is InChI=1S/C14H14Br2OS/c1-9(2)17-11-5-3-10(4-6-11)13(16)14-12(15)7-8-18-14/h3-9,13H,1-2H3. The van der Waals surface area contributed by atoms with Crippen LogP contribution in [-0.4, -0.2) is 6.10 Å². The predicted octanol–water partition coefficient (Wildman–Crippen LogP) is 5.78. The zero-order valence-corrected chi connectivity index (χ0v) is 14.2. The lowest BCUT2D eigenvalue weighted by Gasteiger charge is -2.12. The topological polar surface area (TPSA) is 9.23 Å². The van der Waals surface area contributed by atoms with Crippen LogP contribution in [0.5, 0.6) is 5.75 Å². The lowest BCUT2D eigenvalue weighted by molar-refractivity contribution is 0.242. The number of halogens is 2. The predicted molar refractivity (Wildman–Crippen MR) is 85.0 cm³/mol. The summed E-state index contributed by atoms with van der Waals surface area (Å²) in [5.74, 6) is 0.915. The third-order valence-electron chi connectivity index (χ3n) is 2.42. The molecule has 1 heterocycles. The van der Waals surface area contributed by atoms with E-state index in [2.05, 4.69) is 55.4 Å². The molecule has 1 atom stereocenters. The summed E-state index contributed by atoms with van der Waals surface area (Å²) in [5, 5.41) is 2.09. The van der Waals surface area contributed by atoms with Crippen molar-refractivity contribution >= 4 is 43.2 Å². The monoisotopic (exact) mass is 388 g/mol. The summed E-state index contributed by atoms with van der Waals surface area (Å²) in [4.78, 5) is 1.51. The van der Waals surface area contributed by atoms with Gasteiger partial charge in [-0.25, -0.2) is 0 Å². The minimum Gasteiger partial charge on any atom is -0.491 e. The Morgan fingerprint density at radius 1 is 1.11 bits per heavy atom. The molecule has 1 aromatic heterocycles. The van der Waals surface area contributed by atoms with E-state index in [-0.39, 0.29) is 10.9 Å². The minimum atomic E-state index is 0.210. The van der Waals surface area contributed by atoms with Crippen molar-refractivity contribution in [3.05, 3.63) is 50.6 Å². The molecule has 0 radical (unpaired) electrons. The highest BCUT2D eigenvalue weighted by molar-refractivity contribution is 9.11. The second kappa shape index (κ2) is 6.22. The van der Waals surface area contributed by atoms with E-state index in [1.54, 1.807) is 11.3 Å². The molecule has 0 aliphatic carbocycles. The Balaban J connectivity index is 2.17. The van der Waals surface area contributed by atoms with Gasteiger partial charge in [0.15, 0.2) is 0 Å². The van der Waals surface area contributed by atoms with Crippen molar-refractivity contribution in [2.45, 2.75) is 24.8 Å². The average molecular weight is 390 g/mol. The van der Waals surface area contributed by atoms with Gasteiger partial charge < -0.3 is 4.74 Å². The summed E-state index contributed by atoms with van der Waals surface area (Å²) in [6.07, 6.45) is 0.210. The van der Waals surface area contributed by atoms with Crippen LogP contribution in [0.2, 0.25) is 0 Å². The maximum Gasteiger partial charge on any atom is 0.119 e. The second-order valence-electron chi connectivity index (χ2n) is 4.23. The quantitative estimate of drug-likeness (QED) is 0.602. The van der Waals surface area contributed by atoms with Crippen LogP contribution in [0.1, 0.15) is 29.1 Å². The Kier molecular flexibility index (Phi) is 4.87. The molecule has 1 unspecified atom stereocenters. The van der Waals surface area contributed by atoms with Crippen molar-refractivity contribution in [3.63, 3.8) is 0 Å². The zero-order chi connectivity index (χ0) is 13.1. The molecule has 96 valence electrons. The first-order chi connectivity index (χ1) is 8.58. The van der Waals surface area contributed by atoms with Gasteiger partial charge in [-0.3, -0.25) is 0 Å². The van der Waals surface area contributed by atoms with Gasteiger partial charge in [0.05, 0.1) is 10.9 Å². The first-order valence-electron chi connectivity index (χ1n) is 5.71. The molecule has 0 saturated carbocycles. The molecule has 0 saturated heterocycles. The van der Waals surface area contributed by atoms with E-state index < -0.39 is 0 Å². The van der Waals surface area contributed by atoms with Gasteiger partial charge >= 0.3 is 0 Å². The summed E-state index contributed by atoms with van der Waals surface area (Å²) in [6, 6.07) is 10.3. The fourth-order valence-corrected chi connectivity index (χ4v) is 4.41. The summed E-state index contributed by atoms with van der Waals surface area (Å²) >= 11 is 9.05. The minimum absolute atomic E-state index is 0.210. The molecule has 0 spiro atoms. The number of hydrogen-bond donors (Lipinski definition) is 0. The normalized spacial score (nSPS) is 12.7. The molecule has 18 heavy (non-hydrogen) atoms. The number of benzene rings is 1. The van der Waals surface area contributed by atoms with Gasteiger partial charge in [-0.2, -0.15) is 0 Å². The molecule has 2 rings (SSSR count). The Hall–Kier alpha value is -0.320. The van der Waals surface area contributed by atoms with Crippen LogP contribution in [0.4, 0.5) is 0 Å². The van der Waals surface area contributed by atoms with Gasteiger partial charge in [0.1, 0.15) is 5.75 Å². The maximum absolute atomic E-state index is 5.64. The Labute approximate surface area is 128 Å². The number of thiophene rings is 1. The zero-order valence-electron chi connectivity index (χ0n) is 10.2. The Bertz CT molecular complexity index is 505. The van der Waals surface area contributed by atoms with Crippen LogP contribution in [0, 0.1) is 0 Å². The lowest BCUT2D eigenvalue weighted by atomic mass is 10.1. The van der Waals surface area contributed by atoms with E-state index in [0.29, 0.717) is 0 Å². The van der Waals surface area contributed by atoms with E-state index >= 15 is 0 Å². The van der Waals surface area contributed by atoms with Crippen LogP contribution in [-0.2, 0) is 0 Å².